The molecule has 1 rings (SSSR count). The first kappa shape index (κ1) is 9.58. The molecule has 0 saturated heterocycles. The number of benzene rings is 1. The molecular weight excluding hydrogens is 168 g/mol. The van der Waals surface area contributed by atoms with Crippen LogP contribution in [0, 0.1) is 6.92 Å². The number of carboxylic acid groups (broad SMARTS) is 1. The molecule has 13 heavy (non-hydrogen) atoms. The van der Waals surface area contributed by atoms with Crippen molar-refractivity contribution < 1.29 is 14.6 Å². The summed E-state index contributed by atoms with van der Waals surface area (Å²) in [5.74, 6) is 0. The highest BCUT2D eigenvalue weighted by Crippen LogP contribution is 2.04. The number of rotatable bonds is 3. The van der Waals surface area contributed by atoms with Crippen molar-refractivity contribution in [2.75, 3.05) is 6.61 Å². The number of hydrogen-bond acceptors (Lipinski definition) is 2. The minimum atomic E-state index is -1.22. The van der Waals surface area contributed by atoms with E-state index in [0.29, 0.717) is 6.42 Å². The smallest absolute Gasteiger partial charge is 0.450 e. The van der Waals surface area contributed by atoms with Crippen molar-refractivity contribution in [2.45, 2.75) is 13.3 Å². The van der Waals surface area contributed by atoms with Crippen molar-refractivity contribution in [3.8, 4) is 0 Å². The summed E-state index contributed by atoms with van der Waals surface area (Å²) < 4.78 is 4.40. The van der Waals surface area contributed by atoms with Crippen LogP contribution >= 0.6 is 0 Å². The van der Waals surface area contributed by atoms with E-state index in [1.54, 1.807) is 0 Å². The fraction of sp³-hybridized carbons (Fsp3) is 0.300. The highest BCUT2D eigenvalue weighted by atomic mass is 16.7. The Labute approximate surface area is 77.0 Å². The number of ether oxygens (including phenoxy) is 1. The summed E-state index contributed by atoms with van der Waals surface area (Å²) in [6.45, 7) is 2.22. The van der Waals surface area contributed by atoms with Gasteiger partial charge in [0.25, 0.3) is 0 Å². The topological polar surface area (TPSA) is 46.5 Å². The lowest BCUT2D eigenvalue weighted by molar-refractivity contribution is 0.0927. The van der Waals surface area contributed by atoms with E-state index in [1.165, 1.54) is 5.56 Å². The van der Waals surface area contributed by atoms with Crippen LogP contribution in [0.2, 0.25) is 0 Å². The lowest BCUT2D eigenvalue weighted by Crippen LogP contribution is -2.04. The van der Waals surface area contributed by atoms with Gasteiger partial charge < -0.3 is 9.84 Å². The van der Waals surface area contributed by atoms with Gasteiger partial charge in [0, 0.05) is 6.42 Å². The van der Waals surface area contributed by atoms with Crippen LogP contribution in [0.1, 0.15) is 11.1 Å². The van der Waals surface area contributed by atoms with Gasteiger partial charge in [0.2, 0.25) is 0 Å². The maximum atomic E-state index is 10.0. The van der Waals surface area contributed by atoms with Gasteiger partial charge in [-0.25, -0.2) is 4.79 Å². The van der Waals surface area contributed by atoms with Crippen molar-refractivity contribution >= 4 is 6.16 Å². The van der Waals surface area contributed by atoms with Crippen LogP contribution < -0.4 is 0 Å². The molecular formula is C10H12O3. The fourth-order valence-corrected chi connectivity index (χ4v) is 1.12. The van der Waals surface area contributed by atoms with Gasteiger partial charge >= 0.3 is 6.16 Å². The van der Waals surface area contributed by atoms with Crippen molar-refractivity contribution in [3.05, 3.63) is 35.4 Å². The van der Waals surface area contributed by atoms with Crippen LogP contribution in [0.25, 0.3) is 0 Å². The molecule has 1 aromatic rings. The molecule has 0 aliphatic carbocycles. The van der Waals surface area contributed by atoms with Crippen LogP contribution in [0.4, 0.5) is 4.79 Å². The molecule has 0 aliphatic rings. The summed E-state index contributed by atoms with van der Waals surface area (Å²) in [5.41, 5.74) is 2.27. The van der Waals surface area contributed by atoms with Gasteiger partial charge in [-0.1, -0.05) is 29.8 Å². The molecule has 0 saturated carbocycles. The summed E-state index contributed by atoms with van der Waals surface area (Å²) in [6.07, 6.45) is -0.582. The van der Waals surface area contributed by atoms with Crippen molar-refractivity contribution in [3.63, 3.8) is 0 Å². The molecule has 0 bridgehead atoms. The largest absolute Gasteiger partial charge is 0.505 e. The number of carbonyl (C=O) groups is 1. The van der Waals surface area contributed by atoms with Crippen LogP contribution in [-0.2, 0) is 11.2 Å². The van der Waals surface area contributed by atoms with E-state index in [-0.39, 0.29) is 6.61 Å². The van der Waals surface area contributed by atoms with Crippen molar-refractivity contribution in [2.24, 2.45) is 0 Å². The molecule has 0 amide bonds. The Morgan fingerprint density at radius 2 is 2.31 bits per heavy atom. The number of aryl methyl sites for hydroxylation is 1. The standard InChI is InChI=1S/C10H12O3/c1-8-3-2-4-9(7-8)5-6-13-10(11)12/h2-4,7H,5-6H2,1H3,(H,11,12). The second-order valence-electron chi connectivity index (χ2n) is 2.85. The monoisotopic (exact) mass is 180 g/mol. The Kier molecular flexibility index (Phi) is 3.31. The molecule has 3 nitrogen and oxygen atoms in total. The minimum absolute atomic E-state index is 0.221. The van der Waals surface area contributed by atoms with Crippen molar-refractivity contribution in [1.29, 1.82) is 0 Å². The molecule has 0 aromatic heterocycles. The SMILES string of the molecule is Cc1cccc(CCOC(=O)O)c1. The molecule has 0 aliphatic heterocycles. The third-order valence-electron chi connectivity index (χ3n) is 1.70. The first-order valence-electron chi connectivity index (χ1n) is 4.10. The van der Waals surface area contributed by atoms with Gasteiger partial charge in [-0.2, -0.15) is 0 Å². The molecule has 0 spiro atoms. The second kappa shape index (κ2) is 4.50. The highest BCUT2D eigenvalue weighted by Gasteiger charge is 1.97. The van der Waals surface area contributed by atoms with Gasteiger partial charge in [0.05, 0.1) is 6.61 Å². The van der Waals surface area contributed by atoms with E-state index in [2.05, 4.69) is 4.74 Å². The summed E-state index contributed by atoms with van der Waals surface area (Å²) in [7, 11) is 0. The van der Waals surface area contributed by atoms with Gasteiger partial charge in [0.1, 0.15) is 0 Å². The average Bonchev–Trinajstić information content (AvgIpc) is 2.03. The fourth-order valence-electron chi connectivity index (χ4n) is 1.12. The quantitative estimate of drug-likeness (QED) is 0.725. The predicted octanol–water partition coefficient (Wildman–Crippen LogP) is 2.23. The minimum Gasteiger partial charge on any atom is -0.450 e. The van der Waals surface area contributed by atoms with E-state index in [0.717, 1.165) is 5.56 Å². The summed E-state index contributed by atoms with van der Waals surface area (Å²) >= 11 is 0. The highest BCUT2D eigenvalue weighted by molar-refractivity contribution is 5.56. The molecule has 1 N–H and O–H groups in total. The molecule has 0 atom stereocenters. The zero-order valence-corrected chi connectivity index (χ0v) is 7.49. The van der Waals surface area contributed by atoms with Crippen LogP contribution in [0.5, 0.6) is 0 Å². The first-order valence-corrected chi connectivity index (χ1v) is 4.10. The van der Waals surface area contributed by atoms with E-state index >= 15 is 0 Å². The molecule has 3 heteroatoms. The van der Waals surface area contributed by atoms with Gasteiger partial charge in [-0.3, -0.25) is 0 Å². The van der Waals surface area contributed by atoms with E-state index < -0.39 is 6.16 Å². The maximum Gasteiger partial charge on any atom is 0.505 e. The molecule has 0 heterocycles. The summed E-state index contributed by atoms with van der Waals surface area (Å²) in [4.78, 5) is 10.0. The van der Waals surface area contributed by atoms with Gasteiger partial charge in [-0.05, 0) is 12.5 Å². The zero-order chi connectivity index (χ0) is 9.68. The molecule has 0 fully saturated rings. The van der Waals surface area contributed by atoms with Crippen LogP contribution in [-0.4, -0.2) is 17.9 Å². The lowest BCUT2D eigenvalue weighted by Gasteiger charge is -2.01. The summed E-state index contributed by atoms with van der Waals surface area (Å²) in [6, 6.07) is 7.93. The Morgan fingerprint density at radius 3 is 2.92 bits per heavy atom. The van der Waals surface area contributed by atoms with Crippen LogP contribution in [0.3, 0.4) is 0 Å². The first-order chi connectivity index (χ1) is 6.18. The van der Waals surface area contributed by atoms with Crippen LogP contribution in [0.15, 0.2) is 24.3 Å². The molecule has 0 unspecified atom stereocenters. The third kappa shape index (κ3) is 3.60. The predicted molar refractivity (Wildman–Crippen MR) is 48.9 cm³/mol. The molecule has 70 valence electrons. The zero-order valence-electron chi connectivity index (χ0n) is 7.49. The molecule has 1 aromatic carbocycles. The Bertz CT molecular complexity index is 294. The molecule has 0 radical (unpaired) electrons. The summed E-state index contributed by atoms with van der Waals surface area (Å²) in [5, 5.41) is 8.22. The normalized spacial score (nSPS) is 9.62. The average molecular weight is 180 g/mol. The third-order valence-corrected chi connectivity index (χ3v) is 1.70. The number of hydrogen-bond donors (Lipinski definition) is 1. The van der Waals surface area contributed by atoms with E-state index in [4.69, 9.17) is 5.11 Å². The van der Waals surface area contributed by atoms with E-state index in [1.807, 2.05) is 31.2 Å². The Hall–Kier alpha value is -1.51. The van der Waals surface area contributed by atoms with Crippen molar-refractivity contribution in [1.82, 2.24) is 0 Å². The van der Waals surface area contributed by atoms with Gasteiger partial charge in [-0.15, -0.1) is 0 Å². The second-order valence-corrected chi connectivity index (χ2v) is 2.85. The Balaban J connectivity index is 2.41. The lowest BCUT2D eigenvalue weighted by atomic mass is 10.1. The van der Waals surface area contributed by atoms with Gasteiger partial charge in [0.15, 0.2) is 0 Å². The van der Waals surface area contributed by atoms with E-state index in [9.17, 15) is 4.79 Å². The Morgan fingerprint density at radius 1 is 1.54 bits per heavy atom. The maximum absolute atomic E-state index is 10.0.